The van der Waals surface area contributed by atoms with E-state index in [2.05, 4.69) is 52.0 Å². The molecule has 0 aliphatic heterocycles. The molecule has 1 aliphatic carbocycles. The standard InChI is InChI=1S/C29H41/c1-5-9-14-22-16-13-17-24-21-25-20-23(15-10-6-2)26(18-11-7-3)27(19-12-8-4)29(25)28(22)24/h13,16-17H,5-12,14-15,18-19,21H2,1-4H3. The molecule has 1 aliphatic rings. The number of aryl methyl sites for hydroxylation is 2. The molecule has 0 heterocycles. The van der Waals surface area contributed by atoms with E-state index in [1.165, 1.54) is 82.6 Å². The van der Waals surface area contributed by atoms with Crippen molar-refractivity contribution >= 4 is 0 Å². The summed E-state index contributed by atoms with van der Waals surface area (Å²) in [5.41, 5.74) is 12.8. The van der Waals surface area contributed by atoms with Gasteiger partial charge in [0.1, 0.15) is 0 Å². The van der Waals surface area contributed by atoms with Crippen LogP contribution in [-0.4, -0.2) is 0 Å². The second-order valence-corrected chi connectivity index (χ2v) is 8.96. The van der Waals surface area contributed by atoms with Gasteiger partial charge in [-0.15, -0.1) is 0 Å². The quantitative estimate of drug-likeness (QED) is 0.291. The Balaban J connectivity index is 2.16. The highest BCUT2D eigenvalue weighted by Gasteiger charge is 2.27. The predicted octanol–water partition coefficient (Wildman–Crippen LogP) is 8.43. The van der Waals surface area contributed by atoms with Gasteiger partial charge in [-0.1, -0.05) is 71.6 Å². The number of rotatable bonds is 12. The number of fused-ring (bicyclic) bond motifs is 3. The van der Waals surface area contributed by atoms with Crippen molar-refractivity contribution in [3.63, 3.8) is 0 Å². The fourth-order valence-corrected chi connectivity index (χ4v) is 5.01. The molecule has 0 saturated carbocycles. The highest BCUT2D eigenvalue weighted by molar-refractivity contribution is 5.83. The molecule has 0 saturated heterocycles. The highest BCUT2D eigenvalue weighted by atomic mass is 14.3. The van der Waals surface area contributed by atoms with E-state index >= 15 is 0 Å². The third-order valence-corrected chi connectivity index (χ3v) is 6.63. The number of unbranched alkanes of at least 4 members (excludes halogenated alkanes) is 4. The van der Waals surface area contributed by atoms with Crippen LogP contribution in [-0.2, 0) is 32.1 Å². The van der Waals surface area contributed by atoms with Crippen LogP contribution in [0.4, 0.5) is 0 Å². The summed E-state index contributed by atoms with van der Waals surface area (Å²) in [5, 5.41) is 0. The van der Waals surface area contributed by atoms with E-state index in [0.717, 1.165) is 6.42 Å². The number of benzene rings is 2. The first-order chi connectivity index (χ1) is 14.2. The van der Waals surface area contributed by atoms with Crippen LogP contribution in [0, 0.1) is 6.07 Å². The Kier molecular flexibility index (Phi) is 8.40. The van der Waals surface area contributed by atoms with E-state index in [1.807, 2.05) is 0 Å². The van der Waals surface area contributed by atoms with Gasteiger partial charge in [-0.3, -0.25) is 0 Å². The van der Waals surface area contributed by atoms with Crippen LogP contribution in [0.5, 0.6) is 0 Å². The molecule has 0 atom stereocenters. The lowest BCUT2D eigenvalue weighted by atomic mass is 9.83. The molecule has 3 rings (SSSR count). The van der Waals surface area contributed by atoms with Gasteiger partial charge >= 0.3 is 0 Å². The predicted molar refractivity (Wildman–Crippen MR) is 128 cm³/mol. The van der Waals surface area contributed by atoms with Gasteiger partial charge in [0.2, 0.25) is 0 Å². The summed E-state index contributed by atoms with van der Waals surface area (Å²) in [6.45, 7) is 9.28. The van der Waals surface area contributed by atoms with Gasteiger partial charge in [0.15, 0.2) is 0 Å². The fraction of sp³-hybridized carbons (Fsp3) is 0.586. The normalized spacial score (nSPS) is 12.3. The summed E-state index contributed by atoms with van der Waals surface area (Å²) in [6, 6.07) is 11.0. The molecule has 0 heteroatoms. The first-order valence-corrected chi connectivity index (χ1v) is 12.4. The van der Waals surface area contributed by atoms with E-state index in [9.17, 15) is 0 Å². The molecule has 29 heavy (non-hydrogen) atoms. The minimum Gasteiger partial charge on any atom is -0.0654 e. The Morgan fingerprint density at radius 1 is 0.690 bits per heavy atom. The summed E-state index contributed by atoms with van der Waals surface area (Å²) in [5.74, 6) is 0. The van der Waals surface area contributed by atoms with Crippen molar-refractivity contribution in [2.45, 2.75) is 111 Å². The third-order valence-electron chi connectivity index (χ3n) is 6.63. The average Bonchev–Trinajstić information content (AvgIpc) is 3.11. The first-order valence-electron chi connectivity index (χ1n) is 12.4. The zero-order chi connectivity index (χ0) is 20.6. The summed E-state index contributed by atoms with van der Waals surface area (Å²) in [4.78, 5) is 0. The largest absolute Gasteiger partial charge is 0.0654 e. The average molecular weight is 390 g/mol. The minimum atomic E-state index is 1.09. The molecule has 157 valence electrons. The summed E-state index contributed by atoms with van der Waals surface area (Å²) >= 11 is 0. The SMILES string of the molecule is CCCCc1[c]c2c(c(CCCC)c1CCCC)-c1c(CCCC)cccc1C2. The molecule has 0 aromatic heterocycles. The van der Waals surface area contributed by atoms with Crippen LogP contribution in [0.25, 0.3) is 11.1 Å². The molecule has 0 bridgehead atoms. The van der Waals surface area contributed by atoms with Crippen molar-refractivity contribution in [3.05, 3.63) is 57.6 Å². The topological polar surface area (TPSA) is 0 Å². The van der Waals surface area contributed by atoms with Crippen molar-refractivity contribution in [1.82, 2.24) is 0 Å². The van der Waals surface area contributed by atoms with Gasteiger partial charge in [0.05, 0.1) is 0 Å². The zero-order valence-corrected chi connectivity index (χ0v) is 19.4. The van der Waals surface area contributed by atoms with Crippen LogP contribution in [0.3, 0.4) is 0 Å². The zero-order valence-electron chi connectivity index (χ0n) is 19.4. The molecule has 0 fully saturated rings. The first kappa shape index (κ1) is 22.1. The fourth-order valence-electron chi connectivity index (χ4n) is 5.01. The van der Waals surface area contributed by atoms with Crippen LogP contribution in [0.1, 0.15) is 112 Å². The second-order valence-electron chi connectivity index (χ2n) is 8.96. The van der Waals surface area contributed by atoms with Crippen LogP contribution in [0.15, 0.2) is 18.2 Å². The van der Waals surface area contributed by atoms with Crippen molar-refractivity contribution in [3.8, 4) is 11.1 Å². The molecule has 0 nitrogen and oxygen atoms in total. The molecule has 0 amide bonds. The number of hydrogen-bond acceptors (Lipinski definition) is 0. The maximum absolute atomic E-state index is 3.98. The van der Waals surface area contributed by atoms with Gasteiger partial charge in [0.25, 0.3) is 0 Å². The minimum absolute atomic E-state index is 1.09. The highest BCUT2D eigenvalue weighted by Crippen LogP contribution is 2.44. The van der Waals surface area contributed by atoms with Gasteiger partial charge in [0, 0.05) is 0 Å². The maximum atomic E-state index is 3.98. The van der Waals surface area contributed by atoms with Gasteiger partial charge < -0.3 is 0 Å². The number of hydrogen-bond donors (Lipinski definition) is 0. The molecule has 0 N–H and O–H groups in total. The molecule has 1 radical (unpaired) electrons. The molecule has 2 aromatic rings. The third kappa shape index (κ3) is 4.96. The lowest BCUT2D eigenvalue weighted by Gasteiger charge is -2.21. The molecule has 0 unspecified atom stereocenters. The lowest BCUT2D eigenvalue weighted by Crippen LogP contribution is -2.06. The Labute approximate surface area is 180 Å². The summed E-state index contributed by atoms with van der Waals surface area (Å²) in [7, 11) is 0. The van der Waals surface area contributed by atoms with Crippen molar-refractivity contribution < 1.29 is 0 Å². The smallest absolute Gasteiger partial charge is 0.000697 e. The van der Waals surface area contributed by atoms with Crippen molar-refractivity contribution in [1.29, 1.82) is 0 Å². The van der Waals surface area contributed by atoms with E-state index in [1.54, 1.807) is 38.9 Å². The Morgan fingerprint density at radius 2 is 1.31 bits per heavy atom. The molecular weight excluding hydrogens is 348 g/mol. The second kappa shape index (κ2) is 11.0. The Bertz CT molecular complexity index is 796. The summed E-state index contributed by atoms with van der Waals surface area (Å²) < 4.78 is 0. The maximum Gasteiger partial charge on any atom is -0.000697 e. The van der Waals surface area contributed by atoms with Crippen molar-refractivity contribution in [2.24, 2.45) is 0 Å². The van der Waals surface area contributed by atoms with Crippen molar-refractivity contribution in [2.75, 3.05) is 0 Å². The van der Waals surface area contributed by atoms with E-state index in [4.69, 9.17) is 0 Å². The van der Waals surface area contributed by atoms with E-state index < -0.39 is 0 Å². The van der Waals surface area contributed by atoms with E-state index in [-0.39, 0.29) is 0 Å². The molecular formula is C29H41. The molecule has 2 aromatic carbocycles. The monoisotopic (exact) mass is 389 g/mol. The Morgan fingerprint density at radius 3 is 2.00 bits per heavy atom. The lowest BCUT2D eigenvalue weighted by molar-refractivity contribution is 0.734. The van der Waals surface area contributed by atoms with Gasteiger partial charge in [-0.05, 0) is 108 Å². The van der Waals surface area contributed by atoms with Gasteiger partial charge in [-0.2, -0.15) is 0 Å². The summed E-state index contributed by atoms with van der Waals surface area (Å²) in [6.07, 6.45) is 16.3. The van der Waals surface area contributed by atoms with Crippen LogP contribution in [0.2, 0.25) is 0 Å². The molecule has 0 spiro atoms. The van der Waals surface area contributed by atoms with Crippen LogP contribution < -0.4 is 0 Å². The van der Waals surface area contributed by atoms with Gasteiger partial charge in [-0.25, -0.2) is 0 Å². The van der Waals surface area contributed by atoms with E-state index in [0.29, 0.717) is 0 Å². The van der Waals surface area contributed by atoms with Crippen LogP contribution >= 0.6 is 0 Å². The Hall–Kier alpha value is -1.56.